The Labute approximate surface area is 129 Å². The molecule has 1 aromatic carbocycles. The van der Waals surface area contributed by atoms with E-state index < -0.39 is 0 Å². The standard InChI is InChI=1S/C15H18N2O3S/c1-2-20-13(18)9-17(12-7-8-12)15(19)11-5-3-10(4-6-11)14(16)21/h3-6,12H,2,7-9H2,1H3,(H2,16,21). The Bertz CT molecular complexity index is 553. The first-order valence-corrected chi connectivity index (χ1v) is 7.30. The summed E-state index contributed by atoms with van der Waals surface area (Å²) in [6, 6.07) is 6.92. The summed E-state index contributed by atoms with van der Waals surface area (Å²) in [5.74, 6) is -0.544. The molecule has 0 heterocycles. The van der Waals surface area contributed by atoms with E-state index in [1.807, 2.05) is 0 Å². The van der Waals surface area contributed by atoms with Crippen LogP contribution in [0.15, 0.2) is 24.3 Å². The van der Waals surface area contributed by atoms with E-state index in [0.29, 0.717) is 22.7 Å². The van der Waals surface area contributed by atoms with Crippen LogP contribution in [-0.4, -0.2) is 41.0 Å². The Hall–Kier alpha value is -1.95. The first kappa shape index (κ1) is 15.4. The lowest BCUT2D eigenvalue weighted by atomic mass is 10.1. The van der Waals surface area contributed by atoms with Crippen LogP contribution in [0.5, 0.6) is 0 Å². The van der Waals surface area contributed by atoms with Gasteiger partial charge in [0, 0.05) is 17.2 Å². The number of carbonyl (C=O) groups excluding carboxylic acids is 2. The number of benzene rings is 1. The molecule has 2 rings (SSSR count). The van der Waals surface area contributed by atoms with Crippen molar-refractivity contribution in [3.8, 4) is 0 Å². The third kappa shape index (κ3) is 4.01. The molecule has 0 radical (unpaired) electrons. The van der Waals surface area contributed by atoms with Crippen LogP contribution in [0.4, 0.5) is 0 Å². The molecule has 1 aliphatic carbocycles. The van der Waals surface area contributed by atoms with Gasteiger partial charge in [0.15, 0.2) is 0 Å². The van der Waals surface area contributed by atoms with E-state index in [-0.39, 0.29) is 24.5 Å². The molecule has 5 nitrogen and oxygen atoms in total. The van der Waals surface area contributed by atoms with Gasteiger partial charge in [-0.2, -0.15) is 0 Å². The molecule has 0 aliphatic heterocycles. The van der Waals surface area contributed by atoms with Crippen molar-refractivity contribution in [1.29, 1.82) is 0 Å². The average Bonchev–Trinajstić information content (AvgIpc) is 3.29. The summed E-state index contributed by atoms with van der Waals surface area (Å²) in [6.45, 7) is 2.05. The number of rotatable bonds is 6. The van der Waals surface area contributed by atoms with Gasteiger partial charge in [0.05, 0.1) is 6.61 Å². The fourth-order valence-electron chi connectivity index (χ4n) is 2.04. The van der Waals surface area contributed by atoms with Gasteiger partial charge >= 0.3 is 5.97 Å². The maximum Gasteiger partial charge on any atom is 0.325 e. The number of esters is 1. The van der Waals surface area contributed by atoms with Crippen LogP contribution >= 0.6 is 12.2 Å². The molecule has 6 heteroatoms. The molecule has 1 aromatic rings. The minimum atomic E-state index is -0.377. The molecular formula is C15H18N2O3S. The van der Waals surface area contributed by atoms with E-state index in [2.05, 4.69) is 0 Å². The third-order valence-corrected chi connectivity index (χ3v) is 3.51. The lowest BCUT2D eigenvalue weighted by molar-refractivity contribution is -0.144. The van der Waals surface area contributed by atoms with Crippen molar-refractivity contribution in [2.75, 3.05) is 13.2 Å². The van der Waals surface area contributed by atoms with E-state index >= 15 is 0 Å². The number of amides is 1. The zero-order valence-electron chi connectivity index (χ0n) is 11.9. The van der Waals surface area contributed by atoms with Crippen molar-refractivity contribution in [3.05, 3.63) is 35.4 Å². The zero-order valence-corrected chi connectivity index (χ0v) is 12.7. The van der Waals surface area contributed by atoms with Crippen molar-refractivity contribution in [3.63, 3.8) is 0 Å². The molecule has 0 bridgehead atoms. The summed E-state index contributed by atoms with van der Waals surface area (Å²) in [7, 11) is 0. The van der Waals surface area contributed by atoms with E-state index in [4.69, 9.17) is 22.7 Å². The normalized spacial score (nSPS) is 13.6. The van der Waals surface area contributed by atoms with Crippen LogP contribution in [0, 0.1) is 0 Å². The fraction of sp³-hybridized carbons (Fsp3) is 0.400. The summed E-state index contributed by atoms with van der Waals surface area (Å²) in [4.78, 5) is 26.0. The largest absolute Gasteiger partial charge is 0.465 e. The Morgan fingerprint density at radius 1 is 1.29 bits per heavy atom. The lowest BCUT2D eigenvalue weighted by Gasteiger charge is -2.21. The smallest absolute Gasteiger partial charge is 0.325 e. The second-order valence-corrected chi connectivity index (χ2v) is 5.35. The van der Waals surface area contributed by atoms with Gasteiger partial charge < -0.3 is 15.4 Å². The molecular weight excluding hydrogens is 288 g/mol. The third-order valence-electron chi connectivity index (χ3n) is 3.27. The van der Waals surface area contributed by atoms with Crippen LogP contribution in [-0.2, 0) is 9.53 Å². The van der Waals surface area contributed by atoms with E-state index in [1.165, 1.54) is 0 Å². The number of carbonyl (C=O) groups is 2. The molecule has 1 amide bonds. The van der Waals surface area contributed by atoms with Gasteiger partial charge in [-0.15, -0.1) is 0 Å². The number of ether oxygens (including phenoxy) is 1. The SMILES string of the molecule is CCOC(=O)CN(C(=O)c1ccc(C(N)=S)cc1)C1CC1. The van der Waals surface area contributed by atoms with Crippen molar-refractivity contribution in [1.82, 2.24) is 4.90 Å². The minimum absolute atomic E-state index is 0.00556. The van der Waals surface area contributed by atoms with Crippen molar-refractivity contribution in [2.24, 2.45) is 5.73 Å². The highest BCUT2D eigenvalue weighted by Crippen LogP contribution is 2.28. The Morgan fingerprint density at radius 3 is 2.33 bits per heavy atom. The maximum absolute atomic E-state index is 12.5. The molecule has 21 heavy (non-hydrogen) atoms. The molecule has 0 aromatic heterocycles. The molecule has 1 aliphatic rings. The molecule has 0 saturated heterocycles. The van der Waals surface area contributed by atoms with Gasteiger partial charge in [-0.3, -0.25) is 9.59 Å². The quantitative estimate of drug-likeness (QED) is 0.637. The number of nitrogens with two attached hydrogens (primary N) is 1. The average molecular weight is 306 g/mol. The van der Waals surface area contributed by atoms with E-state index in [0.717, 1.165) is 12.8 Å². The van der Waals surface area contributed by atoms with Crippen molar-refractivity contribution in [2.45, 2.75) is 25.8 Å². The highest BCUT2D eigenvalue weighted by atomic mass is 32.1. The van der Waals surface area contributed by atoms with Crippen LogP contribution < -0.4 is 5.73 Å². The van der Waals surface area contributed by atoms with E-state index in [1.54, 1.807) is 36.1 Å². The topological polar surface area (TPSA) is 72.6 Å². The summed E-state index contributed by atoms with van der Waals surface area (Å²) in [5.41, 5.74) is 6.76. The minimum Gasteiger partial charge on any atom is -0.465 e. The zero-order chi connectivity index (χ0) is 15.4. The molecule has 112 valence electrons. The van der Waals surface area contributed by atoms with E-state index in [9.17, 15) is 9.59 Å². The van der Waals surface area contributed by atoms with Crippen molar-refractivity contribution < 1.29 is 14.3 Å². The number of thiocarbonyl (C=S) groups is 1. The van der Waals surface area contributed by atoms with Gasteiger partial charge in [-0.1, -0.05) is 24.4 Å². The summed E-state index contributed by atoms with van der Waals surface area (Å²) >= 11 is 4.88. The Balaban J connectivity index is 2.10. The Kier molecular flexibility index (Phi) is 4.90. The van der Waals surface area contributed by atoms with Crippen LogP contribution in [0.2, 0.25) is 0 Å². The van der Waals surface area contributed by atoms with Gasteiger partial charge in [0.1, 0.15) is 11.5 Å². The molecule has 1 saturated carbocycles. The monoisotopic (exact) mass is 306 g/mol. The predicted octanol–water partition coefficient (Wildman–Crippen LogP) is 1.49. The van der Waals surface area contributed by atoms with Crippen LogP contribution in [0.25, 0.3) is 0 Å². The van der Waals surface area contributed by atoms with Gasteiger partial charge in [-0.05, 0) is 31.9 Å². The maximum atomic E-state index is 12.5. The molecule has 0 atom stereocenters. The molecule has 2 N–H and O–H groups in total. The van der Waals surface area contributed by atoms with Crippen LogP contribution in [0.1, 0.15) is 35.7 Å². The summed E-state index contributed by atoms with van der Waals surface area (Å²) in [6.07, 6.45) is 1.85. The van der Waals surface area contributed by atoms with Gasteiger partial charge in [-0.25, -0.2) is 0 Å². The molecule has 0 spiro atoms. The van der Waals surface area contributed by atoms with Gasteiger partial charge in [0.25, 0.3) is 5.91 Å². The first-order chi connectivity index (χ1) is 10.0. The lowest BCUT2D eigenvalue weighted by Crippen LogP contribution is -2.38. The first-order valence-electron chi connectivity index (χ1n) is 6.89. The number of hydrogen-bond donors (Lipinski definition) is 1. The number of nitrogens with zero attached hydrogens (tertiary/aromatic N) is 1. The predicted molar refractivity (Wildman–Crippen MR) is 83.0 cm³/mol. The highest BCUT2D eigenvalue weighted by molar-refractivity contribution is 7.80. The second-order valence-electron chi connectivity index (χ2n) is 4.91. The van der Waals surface area contributed by atoms with Gasteiger partial charge in [0.2, 0.25) is 0 Å². The molecule has 1 fully saturated rings. The fourth-order valence-corrected chi connectivity index (χ4v) is 2.18. The van der Waals surface area contributed by atoms with Crippen molar-refractivity contribution >= 4 is 29.1 Å². The summed E-state index contributed by atoms with van der Waals surface area (Å²) in [5, 5.41) is 0. The summed E-state index contributed by atoms with van der Waals surface area (Å²) < 4.78 is 4.92. The molecule has 0 unspecified atom stereocenters. The Morgan fingerprint density at radius 2 is 1.86 bits per heavy atom. The highest BCUT2D eigenvalue weighted by Gasteiger charge is 2.34. The van der Waals surface area contributed by atoms with Crippen LogP contribution in [0.3, 0.4) is 0 Å². The second kappa shape index (κ2) is 6.67. The number of hydrogen-bond acceptors (Lipinski definition) is 4.